The second kappa shape index (κ2) is 14.1. The molecule has 2 aliphatic carbocycles. The fourth-order valence-corrected chi connectivity index (χ4v) is 6.92. The van der Waals surface area contributed by atoms with Crippen molar-refractivity contribution >= 4 is 7.60 Å². The highest BCUT2D eigenvalue weighted by Gasteiger charge is 2.32. The molecular formula is C28H45F2O4P. The lowest BCUT2D eigenvalue weighted by Gasteiger charge is -2.38. The molecule has 0 radical (unpaired) electrons. The molecule has 1 aromatic carbocycles. The first-order valence-corrected chi connectivity index (χ1v) is 15.7. The molecule has 1 aromatic rings. The van der Waals surface area contributed by atoms with E-state index in [9.17, 15) is 13.3 Å². The third-order valence-corrected chi connectivity index (χ3v) is 9.31. The van der Waals surface area contributed by atoms with Crippen molar-refractivity contribution in [1.29, 1.82) is 0 Å². The van der Waals surface area contributed by atoms with E-state index in [0.29, 0.717) is 24.8 Å². The van der Waals surface area contributed by atoms with Gasteiger partial charge in [-0.15, -0.1) is 0 Å². The van der Waals surface area contributed by atoms with Crippen molar-refractivity contribution in [2.45, 2.75) is 109 Å². The molecule has 0 bridgehead atoms. The van der Waals surface area contributed by atoms with Gasteiger partial charge < -0.3 is 14.5 Å². The monoisotopic (exact) mass is 514 g/mol. The summed E-state index contributed by atoms with van der Waals surface area (Å²) in [6.45, 7) is 2.46. The SMILES string of the molecule is CCCCCC1CCC(C2CCC(c3ccc(OCCCCCP(=O)(O)O)c(F)c3F)CC2)CC1. The van der Waals surface area contributed by atoms with E-state index in [2.05, 4.69) is 6.92 Å². The zero-order valence-corrected chi connectivity index (χ0v) is 22.3. The molecule has 0 heterocycles. The van der Waals surface area contributed by atoms with E-state index >= 15 is 0 Å². The Morgan fingerprint density at radius 3 is 2.14 bits per heavy atom. The Labute approximate surface area is 210 Å². The fraction of sp³-hybridized carbons (Fsp3) is 0.786. The van der Waals surface area contributed by atoms with Crippen LogP contribution in [0.2, 0.25) is 0 Å². The molecule has 0 spiro atoms. The molecule has 3 rings (SSSR count). The standard InChI is InChI=1S/C28H45F2O4P/c1-2-3-5-8-21-9-11-22(12-10-21)23-13-15-24(16-14-23)25-17-18-26(28(30)27(25)29)34-19-6-4-7-20-35(31,32)33/h17-18,21-24H,2-16,19-20H2,1H3,(H2,31,32,33). The molecule has 4 nitrogen and oxygen atoms in total. The number of rotatable bonds is 13. The van der Waals surface area contributed by atoms with E-state index in [4.69, 9.17) is 14.5 Å². The molecule has 2 aliphatic rings. The van der Waals surface area contributed by atoms with Crippen LogP contribution < -0.4 is 4.74 Å². The molecule has 0 atom stereocenters. The molecule has 0 unspecified atom stereocenters. The van der Waals surface area contributed by atoms with Gasteiger partial charge in [0.25, 0.3) is 0 Å². The van der Waals surface area contributed by atoms with Gasteiger partial charge >= 0.3 is 7.60 Å². The van der Waals surface area contributed by atoms with Gasteiger partial charge in [-0.2, -0.15) is 4.39 Å². The number of ether oxygens (including phenoxy) is 1. The van der Waals surface area contributed by atoms with Crippen molar-refractivity contribution in [3.63, 3.8) is 0 Å². The summed E-state index contributed by atoms with van der Waals surface area (Å²) < 4.78 is 45.8. The Bertz CT molecular complexity index is 811. The summed E-state index contributed by atoms with van der Waals surface area (Å²) in [6, 6.07) is 3.23. The largest absolute Gasteiger partial charge is 0.490 e. The molecule has 0 amide bonds. The van der Waals surface area contributed by atoms with Crippen molar-refractivity contribution < 1.29 is 27.9 Å². The Morgan fingerprint density at radius 1 is 0.857 bits per heavy atom. The third-order valence-electron chi connectivity index (χ3n) is 8.41. The second-order valence-corrected chi connectivity index (χ2v) is 12.7. The first kappa shape index (κ1) is 28.6. The molecule has 0 aromatic heterocycles. The van der Waals surface area contributed by atoms with E-state index in [1.165, 1.54) is 57.4 Å². The van der Waals surface area contributed by atoms with E-state index in [1.54, 1.807) is 6.07 Å². The van der Waals surface area contributed by atoms with Crippen LogP contribution in [0, 0.1) is 29.4 Å². The predicted octanol–water partition coefficient (Wildman–Crippen LogP) is 8.35. The van der Waals surface area contributed by atoms with Gasteiger partial charge in [0, 0.05) is 6.16 Å². The van der Waals surface area contributed by atoms with Gasteiger partial charge in [0.1, 0.15) is 0 Å². The summed E-state index contributed by atoms with van der Waals surface area (Å²) in [5, 5.41) is 0. The van der Waals surface area contributed by atoms with Crippen LogP contribution in [0.1, 0.15) is 115 Å². The molecule has 35 heavy (non-hydrogen) atoms. The van der Waals surface area contributed by atoms with Gasteiger partial charge in [-0.1, -0.05) is 51.5 Å². The third kappa shape index (κ3) is 9.13. The van der Waals surface area contributed by atoms with Crippen LogP contribution in [-0.2, 0) is 4.57 Å². The summed E-state index contributed by atoms with van der Waals surface area (Å²) in [4.78, 5) is 17.7. The summed E-state index contributed by atoms with van der Waals surface area (Å²) in [5.74, 6) is 0.785. The molecule has 2 fully saturated rings. The maximum atomic E-state index is 14.9. The van der Waals surface area contributed by atoms with Crippen molar-refractivity contribution in [3.8, 4) is 5.75 Å². The van der Waals surface area contributed by atoms with E-state index < -0.39 is 19.2 Å². The van der Waals surface area contributed by atoms with Gasteiger partial charge in [0.2, 0.25) is 5.82 Å². The van der Waals surface area contributed by atoms with E-state index in [0.717, 1.165) is 43.4 Å². The van der Waals surface area contributed by atoms with Crippen molar-refractivity contribution in [2.24, 2.45) is 17.8 Å². The number of benzene rings is 1. The van der Waals surface area contributed by atoms with Crippen LogP contribution >= 0.6 is 7.60 Å². The summed E-state index contributed by atoms with van der Waals surface area (Å²) in [6.07, 6.45) is 16.3. The molecule has 2 N–H and O–H groups in total. The Balaban J connectivity index is 1.41. The maximum absolute atomic E-state index is 14.9. The number of hydrogen-bond donors (Lipinski definition) is 2. The molecular weight excluding hydrogens is 469 g/mol. The smallest absolute Gasteiger partial charge is 0.325 e. The average Bonchev–Trinajstić information content (AvgIpc) is 2.84. The highest BCUT2D eigenvalue weighted by Crippen LogP contribution is 2.45. The van der Waals surface area contributed by atoms with Crippen LogP contribution in [0.15, 0.2) is 12.1 Å². The summed E-state index contributed by atoms with van der Waals surface area (Å²) >= 11 is 0. The topological polar surface area (TPSA) is 66.8 Å². The summed E-state index contributed by atoms with van der Waals surface area (Å²) in [7, 11) is -3.98. The van der Waals surface area contributed by atoms with Gasteiger partial charge in [-0.05, 0) is 93.1 Å². The fourth-order valence-electron chi connectivity index (χ4n) is 6.29. The molecule has 200 valence electrons. The summed E-state index contributed by atoms with van der Waals surface area (Å²) in [5.41, 5.74) is 0.481. The normalized spacial score (nSPS) is 25.5. The van der Waals surface area contributed by atoms with E-state index in [1.807, 2.05) is 0 Å². The zero-order chi connectivity index (χ0) is 25.3. The van der Waals surface area contributed by atoms with Crippen LogP contribution in [-0.4, -0.2) is 22.6 Å². The first-order valence-electron chi connectivity index (χ1n) is 13.9. The Hall–Kier alpha value is -0.970. The van der Waals surface area contributed by atoms with E-state index in [-0.39, 0.29) is 24.4 Å². The number of unbranched alkanes of at least 4 members (excludes halogenated alkanes) is 4. The maximum Gasteiger partial charge on any atom is 0.325 e. The Kier molecular flexibility index (Phi) is 11.5. The lowest BCUT2D eigenvalue weighted by atomic mass is 9.68. The number of halogens is 2. The Morgan fingerprint density at radius 2 is 1.51 bits per heavy atom. The van der Waals surface area contributed by atoms with Gasteiger partial charge in [0.05, 0.1) is 6.61 Å². The molecule has 0 aliphatic heterocycles. The predicted molar refractivity (Wildman–Crippen MR) is 137 cm³/mol. The molecule has 0 saturated heterocycles. The minimum absolute atomic E-state index is 0.0767. The first-order chi connectivity index (χ1) is 16.8. The zero-order valence-electron chi connectivity index (χ0n) is 21.4. The van der Waals surface area contributed by atoms with Crippen molar-refractivity contribution in [3.05, 3.63) is 29.3 Å². The minimum atomic E-state index is -3.98. The van der Waals surface area contributed by atoms with Crippen molar-refractivity contribution in [2.75, 3.05) is 12.8 Å². The van der Waals surface area contributed by atoms with Gasteiger partial charge in [-0.3, -0.25) is 4.57 Å². The van der Waals surface area contributed by atoms with Crippen molar-refractivity contribution in [1.82, 2.24) is 0 Å². The quantitative estimate of drug-likeness (QED) is 0.205. The van der Waals surface area contributed by atoms with Crippen LogP contribution in [0.25, 0.3) is 0 Å². The van der Waals surface area contributed by atoms with Gasteiger partial charge in [0.15, 0.2) is 11.6 Å². The molecule has 7 heteroatoms. The van der Waals surface area contributed by atoms with Crippen LogP contribution in [0.4, 0.5) is 8.78 Å². The number of hydrogen-bond acceptors (Lipinski definition) is 2. The minimum Gasteiger partial charge on any atom is -0.490 e. The second-order valence-electron chi connectivity index (χ2n) is 11.0. The van der Waals surface area contributed by atoms with Crippen LogP contribution in [0.5, 0.6) is 5.75 Å². The molecule has 2 saturated carbocycles. The lowest BCUT2D eigenvalue weighted by molar-refractivity contribution is 0.155. The highest BCUT2D eigenvalue weighted by atomic mass is 31.2. The van der Waals surface area contributed by atoms with Crippen LogP contribution in [0.3, 0.4) is 0 Å². The average molecular weight is 515 g/mol. The van der Waals surface area contributed by atoms with Gasteiger partial charge in [-0.25, -0.2) is 4.39 Å². The highest BCUT2D eigenvalue weighted by molar-refractivity contribution is 7.51. The lowest BCUT2D eigenvalue weighted by Crippen LogP contribution is -2.25.